The highest BCUT2D eigenvalue weighted by Crippen LogP contribution is 2.33. The topological polar surface area (TPSA) is 307 Å². The summed E-state index contributed by atoms with van der Waals surface area (Å²) in [5.74, 6) is -0.271. The number of allylic oxidation sites excluding steroid dienone is 1. The summed E-state index contributed by atoms with van der Waals surface area (Å²) in [6, 6.07) is -0.968. The molecule has 19 heteroatoms. The van der Waals surface area contributed by atoms with Gasteiger partial charge in [-0.3, -0.25) is 4.79 Å². The molecule has 1 amide bonds. The van der Waals surface area contributed by atoms with Crippen molar-refractivity contribution >= 4 is 5.91 Å². The first-order chi connectivity index (χ1) is 41.8. The molecule has 0 radical (unpaired) electrons. The molecule has 0 aliphatic carbocycles. The molecule has 0 spiro atoms. The Bertz CT molecular complexity index is 1620. The van der Waals surface area contributed by atoms with Gasteiger partial charge in [-0.15, -0.1) is 0 Å². The number of rotatable bonds is 54. The van der Waals surface area contributed by atoms with Crippen LogP contribution in [0.5, 0.6) is 0 Å². The van der Waals surface area contributed by atoms with E-state index in [4.69, 9.17) is 28.4 Å². The summed E-state index contributed by atoms with van der Waals surface area (Å²) < 4.78 is 34.3. The second-order valence-electron chi connectivity index (χ2n) is 25.4. The van der Waals surface area contributed by atoms with Crippen LogP contribution in [0.2, 0.25) is 0 Å². The van der Waals surface area contributed by atoms with E-state index >= 15 is 0 Å². The molecule has 3 heterocycles. The molecular formula is C67H127NO18. The van der Waals surface area contributed by atoms with Crippen LogP contribution in [0, 0.1) is 0 Å². The maximum Gasteiger partial charge on any atom is 0.220 e. The van der Waals surface area contributed by atoms with Crippen molar-refractivity contribution in [2.45, 2.75) is 381 Å². The van der Waals surface area contributed by atoms with Crippen LogP contribution in [0.3, 0.4) is 0 Å². The Morgan fingerprint density at radius 1 is 0.407 bits per heavy atom. The van der Waals surface area contributed by atoms with Gasteiger partial charge in [0.15, 0.2) is 18.9 Å². The molecule has 508 valence electrons. The van der Waals surface area contributed by atoms with E-state index in [0.29, 0.717) is 6.42 Å². The van der Waals surface area contributed by atoms with E-state index in [0.717, 1.165) is 44.9 Å². The lowest BCUT2D eigenvalue weighted by Gasteiger charge is -2.48. The molecule has 19 nitrogen and oxygen atoms in total. The van der Waals surface area contributed by atoms with Gasteiger partial charge in [-0.25, -0.2) is 0 Å². The number of amides is 1. The van der Waals surface area contributed by atoms with Crippen LogP contribution in [0.25, 0.3) is 0 Å². The molecule has 17 atom stereocenters. The summed E-state index contributed by atoms with van der Waals surface area (Å²) in [5.41, 5.74) is 0. The van der Waals surface area contributed by atoms with Crippen molar-refractivity contribution in [3.05, 3.63) is 12.2 Å². The largest absolute Gasteiger partial charge is 0.394 e. The van der Waals surface area contributed by atoms with Crippen LogP contribution < -0.4 is 5.32 Å². The monoisotopic (exact) mass is 1230 g/mol. The number of hydrogen-bond donors (Lipinski definition) is 12. The van der Waals surface area contributed by atoms with Gasteiger partial charge in [0.05, 0.1) is 38.6 Å². The summed E-state index contributed by atoms with van der Waals surface area (Å²) in [7, 11) is 0. The highest BCUT2D eigenvalue weighted by molar-refractivity contribution is 5.76. The van der Waals surface area contributed by atoms with Crippen molar-refractivity contribution in [1.29, 1.82) is 0 Å². The number of unbranched alkanes of at least 4 members (excludes halogenated alkanes) is 38. The predicted molar refractivity (Wildman–Crippen MR) is 333 cm³/mol. The van der Waals surface area contributed by atoms with Gasteiger partial charge in [0.1, 0.15) is 73.2 Å². The van der Waals surface area contributed by atoms with E-state index in [2.05, 4.69) is 19.2 Å². The van der Waals surface area contributed by atoms with Gasteiger partial charge in [-0.1, -0.05) is 264 Å². The number of ether oxygens (including phenoxy) is 6. The molecule has 3 rings (SSSR count). The molecule has 0 aromatic carbocycles. The summed E-state index contributed by atoms with van der Waals surface area (Å²) in [6.07, 6.45) is 27.6. The molecular weight excluding hydrogens is 1110 g/mol. The van der Waals surface area contributed by atoms with Crippen LogP contribution in [0.15, 0.2) is 12.2 Å². The zero-order chi connectivity index (χ0) is 62.6. The third-order valence-electron chi connectivity index (χ3n) is 17.8. The zero-order valence-electron chi connectivity index (χ0n) is 53.6. The molecule has 3 saturated heterocycles. The predicted octanol–water partition coefficient (Wildman–Crippen LogP) is 8.89. The number of hydrogen-bond acceptors (Lipinski definition) is 18. The Morgan fingerprint density at radius 2 is 0.721 bits per heavy atom. The molecule has 0 saturated carbocycles. The summed E-state index contributed by atoms with van der Waals surface area (Å²) in [5, 5.41) is 120. The van der Waals surface area contributed by atoms with E-state index < -0.39 is 124 Å². The summed E-state index contributed by atoms with van der Waals surface area (Å²) in [6.45, 7) is 1.77. The molecule has 12 N–H and O–H groups in total. The van der Waals surface area contributed by atoms with Crippen LogP contribution >= 0.6 is 0 Å². The Morgan fingerprint density at radius 3 is 1.09 bits per heavy atom. The third kappa shape index (κ3) is 32.2. The second-order valence-corrected chi connectivity index (χ2v) is 25.4. The van der Waals surface area contributed by atoms with Crippen molar-refractivity contribution in [3.8, 4) is 0 Å². The highest BCUT2D eigenvalue weighted by atomic mass is 16.8. The third-order valence-corrected chi connectivity index (χ3v) is 17.8. The normalized spacial score (nSPS) is 28.8. The van der Waals surface area contributed by atoms with Crippen molar-refractivity contribution in [2.24, 2.45) is 0 Å². The lowest BCUT2D eigenvalue weighted by atomic mass is 9.96. The number of carbonyl (C=O) groups excluding carboxylic acids is 1. The number of nitrogens with one attached hydrogen (secondary N) is 1. The van der Waals surface area contributed by atoms with Gasteiger partial charge in [-0.05, 0) is 19.3 Å². The highest BCUT2D eigenvalue weighted by Gasteiger charge is 2.53. The van der Waals surface area contributed by atoms with Crippen molar-refractivity contribution < 1.29 is 89.4 Å². The lowest BCUT2D eigenvalue weighted by Crippen LogP contribution is -2.66. The fourth-order valence-electron chi connectivity index (χ4n) is 12.1. The van der Waals surface area contributed by atoms with E-state index in [1.807, 2.05) is 6.08 Å². The molecule has 0 aromatic heterocycles. The Kier molecular flexibility index (Phi) is 45.9. The minimum absolute atomic E-state index is 0.249. The van der Waals surface area contributed by atoms with E-state index in [1.165, 1.54) is 205 Å². The van der Waals surface area contributed by atoms with Crippen LogP contribution in [0.4, 0.5) is 0 Å². The average molecular weight is 1230 g/mol. The SMILES string of the molecule is CCCCCCCCCCCCCCCCCCCCCCCCCC/C=C/C(O)C(COC1OC(CO)C(OC2OC(CO)C(OC3OC(CO)C(O)C(O)C3O)C(O)C2O)C(O)C1O)NC(=O)CCCCCCCCCCCCCCCCC. The summed E-state index contributed by atoms with van der Waals surface area (Å²) >= 11 is 0. The molecule has 3 fully saturated rings. The van der Waals surface area contributed by atoms with Crippen molar-refractivity contribution in [1.82, 2.24) is 5.32 Å². The maximum absolute atomic E-state index is 13.4. The standard InChI is InChI=1S/C67H127NO18/c1-3-5-7-9-11-13-15-17-19-20-21-22-23-24-25-26-27-28-29-31-32-34-36-38-40-42-44-51(72)50(68-55(73)45-43-41-39-37-35-33-30-18-16-14-12-10-8-6-4-2)49-81-65-61(79)58(76)63(53(47-70)83-65)86-67-62(80)59(77)64(54(48-71)84-67)85-66-60(78)57(75)56(74)52(46-69)82-66/h42,44,50-54,56-67,69-72,74-80H,3-41,43,45-49H2,1-2H3,(H,68,73)/b44-42+. The molecule has 17 unspecified atom stereocenters. The first-order valence-electron chi connectivity index (χ1n) is 34.9. The Hall–Kier alpha value is -1.47. The van der Waals surface area contributed by atoms with E-state index in [1.54, 1.807) is 6.08 Å². The van der Waals surface area contributed by atoms with E-state index in [-0.39, 0.29) is 18.9 Å². The maximum atomic E-state index is 13.4. The van der Waals surface area contributed by atoms with Gasteiger partial charge in [-0.2, -0.15) is 0 Å². The Balaban J connectivity index is 1.43. The minimum atomic E-state index is -1.98. The van der Waals surface area contributed by atoms with Gasteiger partial charge in [0.25, 0.3) is 0 Å². The van der Waals surface area contributed by atoms with Crippen molar-refractivity contribution in [3.63, 3.8) is 0 Å². The Labute approximate surface area is 518 Å². The average Bonchev–Trinajstić information content (AvgIpc) is 1.88. The quantitative estimate of drug-likeness (QED) is 0.0200. The molecule has 0 bridgehead atoms. The first kappa shape index (κ1) is 78.8. The number of carbonyl (C=O) groups is 1. The van der Waals surface area contributed by atoms with Gasteiger partial charge in [0.2, 0.25) is 5.91 Å². The zero-order valence-corrected chi connectivity index (χ0v) is 53.6. The molecule has 3 aliphatic heterocycles. The summed E-state index contributed by atoms with van der Waals surface area (Å²) in [4.78, 5) is 13.4. The lowest BCUT2D eigenvalue weighted by molar-refractivity contribution is -0.379. The van der Waals surface area contributed by atoms with E-state index in [9.17, 15) is 61.0 Å². The van der Waals surface area contributed by atoms with Crippen LogP contribution in [0.1, 0.15) is 277 Å². The van der Waals surface area contributed by atoms with Crippen molar-refractivity contribution in [2.75, 3.05) is 26.4 Å². The van der Waals surface area contributed by atoms with Gasteiger partial charge < -0.3 is 89.9 Å². The van der Waals surface area contributed by atoms with Gasteiger partial charge in [0, 0.05) is 6.42 Å². The molecule has 0 aromatic rings. The van der Waals surface area contributed by atoms with Crippen LogP contribution in [-0.2, 0) is 33.2 Å². The van der Waals surface area contributed by atoms with Crippen LogP contribution in [-0.4, -0.2) is 193 Å². The fraction of sp³-hybridized carbons (Fsp3) is 0.955. The minimum Gasteiger partial charge on any atom is -0.394 e. The number of aliphatic hydroxyl groups excluding tert-OH is 11. The molecule has 3 aliphatic rings. The smallest absolute Gasteiger partial charge is 0.220 e. The second kappa shape index (κ2) is 50.1. The molecule has 86 heavy (non-hydrogen) atoms. The van der Waals surface area contributed by atoms with Gasteiger partial charge >= 0.3 is 0 Å². The fourth-order valence-corrected chi connectivity index (χ4v) is 12.1. The first-order valence-corrected chi connectivity index (χ1v) is 34.9. The number of aliphatic hydroxyl groups is 11.